The maximum Gasteiger partial charge on any atom is 0.387 e. The lowest BCUT2D eigenvalue weighted by Crippen LogP contribution is -2.14. The van der Waals surface area contributed by atoms with Gasteiger partial charge in [0.2, 0.25) is 5.91 Å². The van der Waals surface area contributed by atoms with Crippen LogP contribution in [-0.4, -0.2) is 33.5 Å². The van der Waals surface area contributed by atoms with Gasteiger partial charge in [0.1, 0.15) is 12.1 Å². The highest BCUT2D eigenvalue weighted by Crippen LogP contribution is 2.18. The summed E-state index contributed by atoms with van der Waals surface area (Å²) in [4.78, 5) is 15.5. The molecule has 1 heterocycles. The van der Waals surface area contributed by atoms with Gasteiger partial charge in [-0.2, -0.15) is 13.9 Å². The number of hydrogen-bond donors (Lipinski definition) is 2. The molecule has 0 saturated carbocycles. The Morgan fingerprint density at radius 2 is 2.15 bits per heavy atom. The molecule has 20 heavy (non-hydrogen) atoms. The first kappa shape index (κ1) is 14.3. The van der Waals surface area contributed by atoms with Crippen LogP contribution in [0.3, 0.4) is 0 Å². The lowest BCUT2D eigenvalue weighted by Gasteiger charge is -2.07. The predicted octanol–water partition coefficient (Wildman–Crippen LogP) is 2.14. The van der Waals surface area contributed by atoms with E-state index in [0.717, 1.165) is 0 Å². The van der Waals surface area contributed by atoms with Gasteiger partial charge in [-0.25, -0.2) is 4.98 Å². The summed E-state index contributed by atoms with van der Waals surface area (Å²) in [7, 11) is 0. The molecule has 0 bridgehead atoms. The molecule has 0 aliphatic rings. The quantitative estimate of drug-likeness (QED) is 0.799. The Morgan fingerprint density at radius 3 is 2.75 bits per heavy atom. The molecule has 1 amide bonds. The highest BCUT2D eigenvalue weighted by Gasteiger charge is 2.07. The molecule has 2 rings (SSSR count). The number of nitrogens with zero attached hydrogens (tertiary/aromatic N) is 2. The Labute approximate surface area is 116 Å². The van der Waals surface area contributed by atoms with E-state index < -0.39 is 6.61 Å². The van der Waals surface area contributed by atoms with E-state index in [2.05, 4.69) is 25.2 Å². The summed E-state index contributed by atoms with van der Waals surface area (Å²) < 4.78 is 28.1. The van der Waals surface area contributed by atoms with Crippen LogP contribution in [0.1, 0.15) is 0 Å². The number of ether oxygens (including phenoxy) is 1. The summed E-state index contributed by atoms with van der Waals surface area (Å²) in [5, 5.41) is 9.43. The van der Waals surface area contributed by atoms with Crippen molar-refractivity contribution in [2.75, 3.05) is 11.1 Å². The Hall–Kier alpha value is -2.16. The van der Waals surface area contributed by atoms with E-state index in [1.54, 1.807) is 0 Å². The van der Waals surface area contributed by atoms with E-state index in [1.165, 1.54) is 42.4 Å². The number of aromatic amines is 1. The Kier molecular flexibility index (Phi) is 4.88. The number of carbonyl (C=O) groups excluding carboxylic acids is 1. The maximum atomic E-state index is 12.0. The smallest absolute Gasteiger partial charge is 0.387 e. The molecular weight excluding hydrogens is 290 g/mol. The average molecular weight is 300 g/mol. The Morgan fingerprint density at radius 1 is 1.40 bits per heavy atom. The molecule has 9 heteroatoms. The Bertz CT molecular complexity index is 548. The topological polar surface area (TPSA) is 79.9 Å². The number of H-pyrrole nitrogens is 1. The van der Waals surface area contributed by atoms with Gasteiger partial charge in [0, 0.05) is 5.69 Å². The van der Waals surface area contributed by atoms with Gasteiger partial charge >= 0.3 is 6.61 Å². The number of carbonyl (C=O) groups is 1. The second-order valence-electron chi connectivity index (χ2n) is 3.53. The second-order valence-corrected chi connectivity index (χ2v) is 4.49. The van der Waals surface area contributed by atoms with E-state index in [4.69, 9.17) is 0 Å². The predicted molar refractivity (Wildman–Crippen MR) is 68.8 cm³/mol. The number of amides is 1. The van der Waals surface area contributed by atoms with Crippen molar-refractivity contribution in [2.24, 2.45) is 0 Å². The number of alkyl halides is 2. The van der Waals surface area contributed by atoms with Crippen molar-refractivity contribution in [3.63, 3.8) is 0 Å². The zero-order valence-electron chi connectivity index (χ0n) is 10.0. The van der Waals surface area contributed by atoms with Crippen LogP contribution in [0.2, 0.25) is 0 Å². The van der Waals surface area contributed by atoms with Crippen molar-refractivity contribution in [3.8, 4) is 5.75 Å². The van der Waals surface area contributed by atoms with Gasteiger partial charge in [0.15, 0.2) is 5.16 Å². The summed E-state index contributed by atoms with van der Waals surface area (Å²) in [6, 6.07) is 5.67. The molecule has 2 aromatic rings. The van der Waals surface area contributed by atoms with Gasteiger partial charge in [-0.05, 0) is 24.3 Å². The number of thioether (sulfide) groups is 1. The normalized spacial score (nSPS) is 10.6. The molecule has 1 aromatic carbocycles. The molecule has 106 valence electrons. The number of hydrogen-bond acceptors (Lipinski definition) is 5. The molecule has 0 atom stereocenters. The molecular formula is C11H10F2N4O2S. The minimum Gasteiger partial charge on any atom is -0.435 e. The molecule has 2 N–H and O–H groups in total. The number of rotatable bonds is 6. The van der Waals surface area contributed by atoms with Gasteiger partial charge in [-0.15, -0.1) is 0 Å². The first-order valence-electron chi connectivity index (χ1n) is 5.46. The molecule has 0 fully saturated rings. The number of anilines is 1. The van der Waals surface area contributed by atoms with E-state index >= 15 is 0 Å². The third-order valence-corrected chi connectivity index (χ3v) is 2.97. The fourth-order valence-electron chi connectivity index (χ4n) is 1.31. The molecule has 0 radical (unpaired) electrons. The summed E-state index contributed by atoms with van der Waals surface area (Å²) in [6.07, 6.45) is 1.35. The van der Waals surface area contributed by atoms with Crippen LogP contribution in [0.25, 0.3) is 0 Å². The van der Waals surface area contributed by atoms with Crippen molar-refractivity contribution in [3.05, 3.63) is 30.6 Å². The van der Waals surface area contributed by atoms with Crippen LogP contribution in [0, 0.1) is 0 Å². The van der Waals surface area contributed by atoms with Crippen LogP contribution in [0.15, 0.2) is 35.7 Å². The van der Waals surface area contributed by atoms with Gasteiger partial charge in [-0.3, -0.25) is 9.89 Å². The molecule has 6 nitrogen and oxygen atoms in total. The first-order valence-corrected chi connectivity index (χ1v) is 6.45. The van der Waals surface area contributed by atoms with E-state index in [1.807, 2.05) is 0 Å². The maximum absolute atomic E-state index is 12.0. The fraction of sp³-hybridized carbons (Fsp3) is 0.182. The largest absolute Gasteiger partial charge is 0.435 e. The molecule has 0 aliphatic heterocycles. The van der Waals surface area contributed by atoms with Crippen molar-refractivity contribution in [1.29, 1.82) is 0 Å². The highest BCUT2D eigenvalue weighted by molar-refractivity contribution is 7.99. The lowest BCUT2D eigenvalue weighted by atomic mass is 10.3. The average Bonchev–Trinajstić information content (AvgIpc) is 2.91. The van der Waals surface area contributed by atoms with Gasteiger partial charge in [0.25, 0.3) is 0 Å². The van der Waals surface area contributed by atoms with Crippen LogP contribution in [0.5, 0.6) is 5.75 Å². The minimum absolute atomic E-state index is 0.0361. The lowest BCUT2D eigenvalue weighted by molar-refractivity contribution is -0.113. The zero-order valence-corrected chi connectivity index (χ0v) is 10.9. The first-order chi connectivity index (χ1) is 9.63. The van der Waals surface area contributed by atoms with Crippen LogP contribution in [-0.2, 0) is 4.79 Å². The molecule has 0 saturated heterocycles. The third-order valence-electron chi connectivity index (χ3n) is 2.10. The Balaban J connectivity index is 1.81. The molecule has 0 aliphatic carbocycles. The van der Waals surface area contributed by atoms with Crippen molar-refractivity contribution in [2.45, 2.75) is 11.8 Å². The van der Waals surface area contributed by atoms with E-state index in [0.29, 0.717) is 10.8 Å². The molecule has 0 unspecified atom stereocenters. The molecule has 0 spiro atoms. The fourth-order valence-corrected chi connectivity index (χ4v) is 1.89. The molecule has 1 aromatic heterocycles. The zero-order chi connectivity index (χ0) is 14.4. The third kappa shape index (κ3) is 4.50. The summed E-state index contributed by atoms with van der Waals surface area (Å²) in [6.45, 7) is -2.87. The van der Waals surface area contributed by atoms with E-state index in [-0.39, 0.29) is 17.4 Å². The van der Waals surface area contributed by atoms with Crippen molar-refractivity contribution >= 4 is 23.4 Å². The van der Waals surface area contributed by atoms with Gasteiger partial charge in [-0.1, -0.05) is 11.8 Å². The second kappa shape index (κ2) is 6.85. The summed E-state index contributed by atoms with van der Waals surface area (Å²) in [5.41, 5.74) is 0.495. The number of halogens is 2. The summed E-state index contributed by atoms with van der Waals surface area (Å²) in [5.74, 6) is -0.0484. The van der Waals surface area contributed by atoms with Gasteiger partial charge in [0.05, 0.1) is 5.75 Å². The SMILES string of the molecule is O=C(CSc1ncn[nH]1)Nc1ccc(OC(F)F)cc1. The number of benzene rings is 1. The number of nitrogens with one attached hydrogen (secondary N) is 2. The van der Waals surface area contributed by atoms with Crippen molar-refractivity contribution < 1.29 is 18.3 Å². The van der Waals surface area contributed by atoms with Crippen LogP contribution in [0.4, 0.5) is 14.5 Å². The minimum atomic E-state index is -2.87. The number of aromatic nitrogens is 3. The van der Waals surface area contributed by atoms with E-state index in [9.17, 15) is 13.6 Å². The highest BCUT2D eigenvalue weighted by atomic mass is 32.2. The van der Waals surface area contributed by atoms with Crippen LogP contribution < -0.4 is 10.1 Å². The standard InChI is InChI=1S/C11H10F2N4O2S/c12-10(13)19-8-3-1-7(2-4-8)16-9(18)5-20-11-14-6-15-17-11/h1-4,6,10H,5H2,(H,16,18)(H,14,15,17). The van der Waals surface area contributed by atoms with Gasteiger partial charge < -0.3 is 10.1 Å². The monoisotopic (exact) mass is 300 g/mol. The summed E-state index contributed by atoms with van der Waals surface area (Å²) >= 11 is 1.20. The van der Waals surface area contributed by atoms with Crippen LogP contribution >= 0.6 is 11.8 Å². The van der Waals surface area contributed by atoms with Crippen molar-refractivity contribution in [1.82, 2.24) is 15.2 Å².